The molecule has 1 amide bonds. The third-order valence-electron chi connectivity index (χ3n) is 4.57. The fraction of sp³-hybridized carbons (Fsp3) is 0.250. The Morgan fingerprint density at radius 2 is 1.93 bits per heavy atom. The van der Waals surface area contributed by atoms with E-state index in [1.807, 2.05) is 31.2 Å². The van der Waals surface area contributed by atoms with Gasteiger partial charge in [-0.1, -0.05) is 48.5 Å². The number of amides is 1. The summed E-state index contributed by atoms with van der Waals surface area (Å²) in [5.41, 5.74) is 3.10. The van der Waals surface area contributed by atoms with E-state index in [0.717, 1.165) is 22.1 Å². The first-order valence-corrected chi connectivity index (χ1v) is 8.93. The molecule has 3 aromatic rings. The van der Waals surface area contributed by atoms with Gasteiger partial charge in [0.1, 0.15) is 11.8 Å². The van der Waals surface area contributed by atoms with Crippen molar-refractivity contribution < 1.29 is 29.0 Å². The topological polar surface area (TPSA) is 112 Å². The van der Waals surface area contributed by atoms with Gasteiger partial charge in [-0.15, -0.1) is 0 Å². The first kappa shape index (κ1) is 20.1. The van der Waals surface area contributed by atoms with Gasteiger partial charge in [0.15, 0.2) is 0 Å². The zero-order chi connectivity index (χ0) is 20.1. The number of aryl methyl sites for hydroxylation is 1. The van der Waals surface area contributed by atoms with E-state index in [9.17, 15) is 19.9 Å². The summed E-state index contributed by atoms with van der Waals surface area (Å²) in [5.74, 6) is -1.28. The number of fused-ring (bicyclic) bond motifs is 1. The molecule has 0 saturated heterocycles. The molecule has 0 aliphatic heterocycles. The summed E-state index contributed by atoms with van der Waals surface area (Å²) in [5, 5.41) is 31.6. The molecule has 2 aromatic carbocycles. The van der Waals surface area contributed by atoms with Gasteiger partial charge in [-0.05, 0) is 18.1 Å². The molecular formula is C20H22BNO6. The second-order valence-electron chi connectivity index (χ2n) is 6.52. The van der Waals surface area contributed by atoms with E-state index >= 15 is 0 Å². The fourth-order valence-corrected chi connectivity index (χ4v) is 3.18. The highest BCUT2D eigenvalue weighted by Crippen LogP contribution is 2.25. The standard InChI is InChI=1S/C20H22BNO6/c1-13-6-5-9-16-15(12-27-19(13)16)10-18(28-21(25)26)22-20(24)17(11-23)14-7-3-2-4-8-14/h2-9,12,17-18,23,25-26H,10-11H2,1H3,(H,22,24)/t17-,18-/m0/s1. The van der Waals surface area contributed by atoms with Crippen LogP contribution in [0.2, 0.25) is 0 Å². The van der Waals surface area contributed by atoms with Gasteiger partial charge in [0.25, 0.3) is 0 Å². The van der Waals surface area contributed by atoms with Crippen LogP contribution in [0.3, 0.4) is 0 Å². The normalized spacial score (nSPS) is 13.3. The van der Waals surface area contributed by atoms with Crippen LogP contribution in [-0.4, -0.2) is 41.2 Å². The molecule has 146 valence electrons. The van der Waals surface area contributed by atoms with Crippen LogP contribution < -0.4 is 5.32 Å². The maximum Gasteiger partial charge on any atom is 0.635 e. The molecule has 2 atom stereocenters. The summed E-state index contributed by atoms with van der Waals surface area (Å²) in [4.78, 5) is 12.7. The second-order valence-corrected chi connectivity index (χ2v) is 6.52. The molecule has 0 aliphatic carbocycles. The van der Waals surface area contributed by atoms with E-state index in [1.165, 1.54) is 0 Å². The maximum absolute atomic E-state index is 12.7. The van der Waals surface area contributed by atoms with Crippen LogP contribution in [0.25, 0.3) is 11.0 Å². The summed E-state index contributed by atoms with van der Waals surface area (Å²) in [6.45, 7) is 1.53. The van der Waals surface area contributed by atoms with E-state index < -0.39 is 32.0 Å². The van der Waals surface area contributed by atoms with Crippen molar-refractivity contribution in [1.82, 2.24) is 5.32 Å². The zero-order valence-corrected chi connectivity index (χ0v) is 15.4. The fourth-order valence-electron chi connectivity index (χ4n) is 3.18. The number of hydrogen-bond acceptors (Lipinski definition) is 6. The third-order valence-corrected chi connectivity index (χ3v) is 4.57. The number of carbonyl (C=O) groups excluding carboxylic acids is 1. The van der Waals surface area contributed by atoms with Crippen LogP contribution in [0, 0.1) is 6.92 Å². The Labute approximate surface area is 162 Å². The van der Waals surface area contributed by atoms with Crippen LogP contribution in [0.1, 0.15) is 22.6 Å². The molecule has 0 radical (unpaired) electrons. The molecule has 0 aliphatic rings. The van der Waals surface area contributed by atoms with Crippen LogP contribution in [0.15, 0.2) is 59.2 Å². The Kier molecular flexibility index (Phi) is 6.48. The van der Waals surface area contributed by atoms with Crippen molar-refractivity contribution in [2.75, 3.05) is 6.61 Å². The Balaban J connectivity index is 1.79. The number of furan rings is 1. The Morgan fingerprint density at radius 1 is 1.18 bits per heavy atom. The van der Waals surface area contributed by atoms with Crippen LogP contribution >= 0.6 is 0 Å². The predicted octanol–water partition coefficient (Wildman–Crippen LogP) is 1.49. The molecule has 0 unspecified atom stereocenters. The molecule has 1 aromatic heterocycles. The highest BCUT2D eigenvalue weighted by Gasteiger charge is 2.26. The van der Waals surface area contributed by atoms with Crippen molar-refractivity contribution in [2.24, 2.45) is 0 Å². The van der Waals surface area contributed by atoms with E-state index in [4.69, 9.17) is 9.07 Å². The monoisotopic (exact) mass is 383 g/mol. The lowest BCUT2D eigenvalue weighted by atomic mass is 9.99. The first-order valence-electron chi connectivity index (χ1n) is 8.93. The number of para-hydroxylation sites is 1. The molecule has 0 fully saturated rings. The average molecular weight is 383 g/mol. The minimum atomic E-state index is -2.06. The number of rotatable bonds is 8. The number of nitrogens with one attached hydrogen (secondary N) is 1. The number of hydrogen-bond donors (Lipinski definition) is 4. The van der Waals surface area contributed by atoms with Gasteiger partial charge in [-0.3, -0.25) is 4.79 Å². The van der Waals surface area contributed by atoms with Gasteiger partial charge >= 0.3 is 7.32 Å². The molecule has 0 spiro atoms. The van der Waals surface area contributed by atoms with E-state index in [0.29, 0.717) is 5.56 Å². The van der Waals surface area contributed by atoms with Gasteiger partial charge in [-0.2, -0.15) is 0 Å². The molecule has 3 rings (SSSR count). The third kappa shape index (κ3) is 4.60. The van der Waals surface area contributed by atoms with Gasteiger partial charge in [0.05, 0.1) is 18.8 Å². The largest absolute Gasteiger partial charge is 0.635 e. The highest BCUT2D eigenvalue weighted by atomic mass is 16.6. The van der Waals surface area contributed by atoms with Crippen molar-refractivity contribution in [1.29, 1.82) is 0 Å². The average Bonchev–Trinajstić information content (AvgIpc) is 3.07. The van der Waals surface area contributed by atoms with Crippen LogP contribution in [0.5, 0.6) is 0 Å². The lowest BCUT2D eigenvalue weighted by molar-refractivity contribution is -0.126. The first-order chi connectivity index (χ1) is 13.5. The smallest absolute Gasteiger partial charge is 0.464 e. The van der Waals surface area contributed by atoms with Crippen molar-refractivity contribution in [3.05, 3.63) is 71.5 Å². The van der Waals surface area contributed by atoms with E-state index in [-0.39, 0.29) is 6.42 Å². The molecule has 28 heavy (non-hydrogen) atoms. The summed E-state index contributed by atoms with van der Waals surface area (Å²) in [7, 11) is -2.06. The second kappa shape index (κ2) is 9.03. The maximum atomic E-state index is 12.7. The number of carbonyl (C=O) groups is 1. The number of aliphatic hydroxyl groups is 1. The van der Waals surface area contributed by atoms with E-state index in [1.54, 1.807) is 30.5 Å². The van der Waals surface area contributed by atoms with Crippen molar-refractivity contribution >= 4 is 24.2 Å². The predicted molar refractivity (Wildman–Crippen MR) is 104 cm³/mol. The molecule has 1 heterocycles. The van der Waals surface area contributed by atoms with Crippen molar-refractivity contribution in [3.8, 4) is 0 Å². The van der Waals surface area contributed by atoms with Crippen molar-refractivity contribution in [2.45, 2.75) is 25.5 Å². The van der Waals surface area contributed by atoms with Gasteiger partial charge in [0.2, 0.25) is 5.91 Å². The molecule has 8 heteroatoms. The van der Waals surface area contributed by atoms with Gasteiger partial charge < -0.3 is 29.5 Å². The number of benzene rings is 2. The zero-order valence-electron chi connectivity index (χ0n) is 15.4. The summed E-state index contributed by atoms with van der Waals surface area (Å²) in [6.07, 6.45) is 0.698. The minimum absolute atomic E-state index is 0.159. The molecule has 0 bridgehead atoms. The van der Waals surface area contributed by atoms with Gasteiger partial charge in [-0.25, -0.2) is 0 Å². The van der Waals surface area contributed by atoms with E-state index in [2.05, 4.69) is 5.32 Å². The van der Waals surface area contributed by atoms with Crippen LogP contribution in [-0.2, 0) is 15.9 Å². The SMILES string of the molecule is Cc1cccc2c(C[C@@H](NC(=O)[C@@H](CO)c3ccccc3)OB(O)O)coc12. The van der Waals surface area contributed by atoms with Gasteiger partial charge in [0, 0.05) is 17.4 Å². The molecular weight excluding hydrogens is 361 g/mol. The van der Waals surface area contributed by atoms with Crippen molar-refractivity contribution in [3.63, 3.8) is 0 Å². The summed E-state index contributed by atoms with van der Waals surface area (Å²) in [6, 6.07) is 14.5. The lowest BCUT2D eigenvalue weighted by Gasteiger charge is -2.22. The lowest BCUT2D eigenvalue weighted by Crippen LogP contribution is -2.44. The molecule has 0 saturated carbocycles. The minimum Gasteiger partial charge on any atom is -0.464 e. The summed E-state index contributed by atoms with van der Waals surface area (Å²) >= 11 is 0. The Bertz CT molecular complexity index is 927. The Morgan fingerprint density at radius 3 is 2.61 bits per heavy atom. The quantitative estimate of drug-likeness (QED) is 0.346. The Hall–Kier alpha value is -2.65. The van der Waals surface area contributed by atoms with Crippen LogP contribution in [0.4, 0.5) is 0 Å². The number of aliphatic hydroxyl groups excluding tert-OH is 1. The molecule has 7 nitrogen and oxygen atoms in total. The highest BCUT2D eigenvalue weighted by molar-refractivity contribution is 6.32. The molecule has 4 N–H and O–H groups in total. The summed E-state index contributed by atoms with van der Waals surface area (Å²) < 4.78 is 10.7.